The first-order valence-electron chi connectivity index (χ1n) is 3.83. The highest BCUT2D eigenvalue weighted by Gasteiger charge is 2.27. The second-order valence-electron chi connectivity index (χ2n) is 2.73. The van der Waals surface area contributed by atoms with E-state index in [1.54, 1.807) is 0 Å². The molecule has 1 rings (SSSR count). The fourth-order valence-corrected chi connectivity index (χ4v) is 1.44. The fourth-order valence-electron chi connectivity index (χ4n) is 1.44. The number of hydrogen-bond donors (Lipinski definition) is 0. The van der Waals surface area contributed by atoms with Crippen LogP contribution in [0, 0.1) is 0 Å². The van der Waals surface area contributed by atoms with E-state index in [0.717, 1.165) is 12.8 Å². The predicted molar refractivity (Wildman–Crippen MR) is 35.3 cm³/mol. The maximum absolute atomic E-state index is 11.7. The molecule has 0 aromatic rings. The summed E-state index contributed by atoms with van der Waals surface area (Å²) in [5, 5.41) is 0. The molecule has 0 N–H and O–H groups in total. The van der Waals surface area contributed by atoms with Crippen LogP contribution in [-0.4, -0.2) is 19.1 Å². The summed E-state index contributed by atoms with van der Waals surface area (Å²) < 4.78 is 28.1. The number of rotatable bonds is 3. The van der Waals surface area contributed by atoms with E-state index in [4.69, 9.17) is 0 Å². The topological polar surface area (TPSA) is 18.5 Å². The maximum atomic E-state index is 11.7. The van der Waals surface area contributed by atoms with E-state index in [1.807, 2.05) is 0 Å². The van der Waals surface area contributed by atoms with E-state index in [1.165, 1.54) is 0 Å². The van der Waals surface area contributed by atoms with Crippen molar-refractivity contribution in [2.24, 2.45) is 0 Å². The highest BCUT2D eigenvalue weighted by molar-refractivity contribution is 4.75. The van der Waals surface area contributed by atoms with Gasteiger partial charge in [-0.2, -0.15) is 4.94 Å². The molecule has 66 valence electrons. The lowest BCUT2D eigenvalue weighted by atomic mass is 9.95. The molecule has 0 aliphatic heterocycles. The predicted octanol–water partition coefficient (Wildman–Crippen LogP) is 2.14. The Balaban J connectivity index is 2.31. The summed E-state index contributed by atoms with van der Waals surface area (Å²) in [6.45, 7) is -0.857. The van der Waals surface area contributed by atoms with Gasteiger partial charge in [-0.3, -0.25) is 0 Å². The third kappa shape index (κ3) is 2.38. The van der Waals surface area contributed by atoms with Crippen LogP contribution in [0.25, 0.3) is 0 Å². The molecular weight excluding hydrogens is 154 g/mol. The van der Waals surface area contributed by atoms with Crippen LogP contribution >= 0.6 is 0 Å². The zero-order chi connectivity index (χ0) is 8.10. The molecular formula is C7H12F2O2. The summed E-state index contributed by atoms with van der Waals surface area (Å²) in [4.78, 5) is 3.66. The normalized spacial score (nSPS) is 32.2. The van der Waals surface area contributed by atoms with E-state index < -0.39 is 19.1 Å². The van der Waals surface area contributed by atoms with Gasteiger partial charge in [-0.1, -0.05) is 12.8 Å². The van der Waals surface area contributed by atoms with Gasteiger partial charge in [0.05, 0.1) is 6.10 Å². The zero-order valence-corrected chi connectivity index (χ0v) is 6.26. The van der Waals surface area contributed by atoms with Crippen molar-refractivity contribution in [1.29, 1.82) is 0 Å². The summed E-state index contributed by atoms with van der Waals surface area (Å²) in [5.41, 5.74) is 0. The average Bonchev–Trinajstić information content (AvgIpc) is 2.06. The molecule has 4 heteroatoms. The van der Waals surface area contributed by atoms with Crippen molar-refractivity contribution in [3.8, 4) is 0 Å². The zero-order valence-electron chi connectivity index (χ0n) is 6.26. The Labute approximate surface area is 64.4 Å². The first-order valence-corrected chi connectivity index (χ1v) is 3.83. The van der Waals surface area contributed by atoms with E-state index in [2.05, 4.69) is 9.68 Å². The molecule has 0 spiro atoms. The van der Waals surface area contributed by atoms with Gasteiger partial charge in [-0.15, -0.1) is 0 Å². The van der Waals surface area contributed by atoms with E-state index in [-0.39, 0.29) is 0 Å². The minimum Gasteiger partial charge on any atom is -0.344 e. The molecule has 0 bridgehead atoms. The minimum atomic E-state index is -0.857. The SMILES string of the molecule is FCOC1CCCCC1OF. The standard InChI is InChI=1S/C7H12F2O2/c8-5-10-6-3-1-2-4-7(6)11-9/h6-7H,1-5H2. The van der Waals surface area contributed by atoms with Gasteiger partial charge < -0.3 is 4.74 Å². The molecule has 2 unspecified atom stereocenters. The quantitative estimate of drug-likeness (QED) is 0.639. The maximum Gasteiger partial charge on any atom is 0.188 e. The molecule has 1 saturated carbocycles. The third-order valence-corrected chi connectivity index (χ3v) is 2.03. The van der Waals surface area contributed by atoms with Crippen LogP contribution in [0.4, 0.5) is 8.92 Å². The van der Waals surface area contributed by atoms with Crippen LogP contribution in [0.5, 0.6) is 0 Å². The molecule has 2 nitrogen and oxygen atoms in total. The van der Waals surface area contributed by atoms with Gasteiger partial charge in [0.25, 0.3) is 0 Å². The van der Waals surface area contributed by atoms with E-state index in [9.17, 15) is 8.92 Å². The molecule has 1 fully saturated rings. The molecule has 0 heterocycles. The molecule has 2 atom stereocenters. The monoisotopic (exact) mass is 166 g/mol. The Morgan fingerprint density at radius 2 is 1.82 bits per heavy atom. The first kappa shape index (κ1) is 8.87. The Bertz CT molecular complexity index is 109. The van der Waals surface area contributed by atoms with Crippen LogP contribution in [0.1, 0.15) is 25.7 Å². The fraction of sp³-hybridized carbons (Fsp3) is 1.00. The van der Waals surface area contributed by atoms with Gasteiger partial charge in [-0.05, 0) is 17.4 Å². The van der Waals surface area contributed by atoms with Gasteiger partial charge in [-0.25, -0.2) is 4.39 Å². The van der Waals surface area contributed by atoms with Crippen LogP contribution in [0.15, 0.2) is 0 Å². The van der Waals surface area contributed by atoms with Crippen LogP contribution < -0.4 is 0 Å². The number of halogens is 2. The Hall–Kier alpha value is -0.220. The summed E-state index contributed by atoms with van der Waals surface area (Å²) in [7, 11) is 0. The second-order valence-corrected chi connectivity index (χ2v) is 2.73. The second kappa shape index (κ2) is 4.62. The molecule has 0 amide bonds. The number of alkyl halides is 1. The van der Waals surface area contributed by atoms with Crippen LogP contribution in [0.2, 0.25) is 0 Å². The minimum absolute atomic E-state index is 0.390. The first-order chi connectivity index (χ1) is 5.38. The van der Waals surface area contributed by atoms with E-state index >= 15 is 0 Å². The smallest absolute Gasteiger partial charge is 0.188 e. The largest absolute Gasteiger partial charge is 0.344 e. The van der Waals surface area contributed by atoms with Crippen molar-refractivity contribution < 1.29 is 18.6 Å². The Morgan fingerprint density at radius 1 is 1.18 bits per heavy atom. The van der Waals surface area contributed by atoms with Crippen molar-refractivity contribution in [2.75, 3.05) is 6.86 Å². The molecule has 11 heavy (non-hydrogen) atoms. The van der Waals surface area contributed by atoms with Gasteiger partial charge in [0.1, 0.15) is 6.10 Å². The summed E-state index contributed by atoms with van der Waals surface area (Å²) >= 11 is 0. The lowest BCUT2D eigenvalue weighted by Crippen LogP contribution is -2.32. The van der Waals surface area contributed by atoms with Crippen molar-refractivity contribution in [2.45, 2.75) is 37.9 Å². The van der Waals surface area contributed by atoms with E-state index in [0.29, 0.717) is 12.8 Å². The van der Waals surface area contributed by atoms with Crippen LogP contribution in [-0.2, 0) is 9.68 Å². The van der Waals surface area contributed by atoms with Crippen molar-refractivity contribution in [1.82, 2.24) is 0 Å². The number of hydrogen-bond acceptors (Lipinski definition) is 2. The Morgan fingerprint density at radius 3 is 2.36 bits per heavy atom. The molecule has 1 aliphatic rings. The summed E-state index contributed by atoms with van der Waals surface area (Å²) in [5.74, 6) is 0. The highest BCUT2D eigenvalue weighted by Crippen LogP contribution is 2.23. The lowest BCUT2D eigenvalue weighted by Gasteiger charge is -2.26. The molecule has 1 aliphatic carbocycles. The van der Waals surface area contributed by atoms with Crippen LogP contribution in [0.3, 0.4) is 0 Å². The third-order valence-electron chi connectivity index (χ3n) is 2.03. The van der Waals surface area contributed by atoms with Gasteiger partial charge in [0, 0.05) is 0 Å². The summed E-state index contributed by atoms with van der Waals surface area (Å²) in [6, 6.07) is 0. The molecule has 0 saturated heterocycles. The summed E-state index contributed by atoms with van der Waals surface area (Å²) in [6.07, 6.45) is 2.27. The number of ether oxygens (including phenoxy) is 1. The van der Waals surface area contributed by atoms with Gasteiger partial charge >= 0.3 is 0 Å². The average molecular weight is 166 g/mol. The molecule has 0 radical (unpaired) electrons. The van der Waals surface area contributed by atoms with Gasteiger partial charge in [0.2, 0.25) is 0 Å². The lowest BCUT2D eigenvalue weighted by molar-refractivity contribution is -0.230. The molecule has 0 aromatic heterocycles. The molecule has 0 aromatic carbocycles. The Kier molecular flexibility index (Phi) is 3.72. The van der Waals surface area contributed by atoms with Crippen molar-refractivity contribution >= 4 is 0 Å². The van der Waals surface area contributed by atoms with Gasteiger partial charge in [0.15, 0.2) is 6.86 Å². The van der Waals surface area contributed by atoms with Crippen molar-refractivity contribution in [3.63, 3.8) is 0 Å². The highest BCUT2D eigenvalue weighted by atomic mass is 19.3. The van der Waals surface area contributed by atoms with Crippen molar-refractivity contribution in [3.05, 3.63) is 0 Å².